The number of sulfonamides is 1. The lowest BCUT2D eigenvalue weighted by atomic mass is 10.1. The third-order valence-corrected chi connectivity index (χ3v) is 5.39. The first-order valence-electron chi connectivity index (χ1n) is 6.53. The molecule has 2 aromatic rings. The van der Waals surface area contributed by atoms with Crippen molar-refractivity contribution in [1.82, 2.24) is 0 Å². The van der Waals surface area contributed by atoms with Gasteiger partial charge in [0.2, 0.25) is 0 Å². The first-order valence-corrected chi connectivity index (χ1v) is 8.31. The van der Waals surface area contributed by atoms with Gasteiger partial charge in [0.05, 0.1) is 21.7 Å². The molecule has 126 valence electrons. The van der Waals surface area contributed by atoms with Gasteiger partial charge in [-0.05, 0) is 42.8 Å². The van der Waals surface area contributed by atoms with E-state index < -0.39 is 38.0 Å². The molecule has 0 aliphatic rings. The van der Waals surface area contributed by atoms with Gasteiger partial charge in [-0.2, -0.15) is 12.2 Å². The summed E-state index contributed by atoms with van der Waals surface area (Å²) < 4.78 is 25.6. The molecule has 7 nitrogen and oxygen atoms in total. The Morgan fingerprint density at radius 1 is 1.00 bits per heavy atom. The van der Waals surface area contributed by atoms with Crippen LogP contribution < -0.4 is 3.82 Å². The van der Waals surface area contributed by atoms with Crippen molar-refractivity contribution in [2.24, 2.45) is 0 Å². The topological polar surface area (TPSA) is 112 Å². The van der Waals surface area contributed by atoms with Crippen molar-refractivity contribution >= 4 is 39.4 Å². The second kappa shape index (κ2) is 6.50. The van der Waals surface area contributed by atoms with Crippen LogP contribution in [0.4, 0.5) is 5.69 Å². The van der Waals surface area contributed by atoms with Crippen molar-refractivity contribution in [3.8, 4) is 0 Å². The quantitative estimate of drug-likeness (QED) is 0.783. The number of benzene rings is 2. The van der Waals surface area contributed by atoms with Gasteiger partial charge in [-0.1, -0.05) is 12.1 Å². The van der Waals surface area contributed by atoms with Crippen LogP contribution in [0.1, 0.15) is 26.3 Å². The van der Waals surface area contributed by atoms with Crippen LogP contribution in [0.3, 0.4) is 0 Å². The molecule has 0 heterocycles. The van der Waals surface area contributed by atoms with E-state index in [1.54, 1.807) is 19.1 Å². The Hall–Kier alpha value is -2.58. The lowest BCUT2D eigenvalue weighted by Crippen LogP contribution is -2.22. The molecule has 2 N–H and O–H groups in total. The van der Waals surface area contributed by atoms with E-state index in [0.29, 0.717) is 3.82 Å². The predicted octanol–water partition coefficient (Wildman–Crippen LogP) is 2.74. The largest absolute Gasteiger partial charge is 0.478 e. The van der Waals surface area contributed by atoms with Crippen LogP contribution in [0.15, 0.2) is 47.4 Å². The highest BCUT2D eigenvalue weighted by Crippen LogP contribution is 2.27. The molecule has 0 amide bonds. The summed E-state index contributed by atoms with van der Waals surface area (Å²) in [6, 6.07) is 9.06. The van der Waals surface area contributed by atoms with Gasteiger partial charge in [-0.15, -0.1) is 0 Å². The summed E-state index contributed by atoms with van der Waals surface area (Å²) in [6.07, 6.45) is 0. The second-order valence-electron chi connectivity index (χ2n) is 4.88. The number of carbonyl (C=O) groups is 2. The summed E-state index contributed by atoms with van der Waals surface area (Å²) in [7, 11) is -4.26. The van der Waals surface area contributed by atoms with Gasteiger partial charge in [0.15, 0.2) is 0 Å². The van der Waals surface area contributed by atoms with Crippen molar-refractivity contribution in [2.45, 2.75) is 11.8 Å². The highest BCUT2D eigenvalue weighted by molar-refractivity contribution is 7.94. The fraction of sp³-hybridized carbons (Fsp3) is 0.0667. The van der Waals surface area contributed by atoms with E-state index in [9.17, 15) is 18.0 Å². The molecule has 9 heteroatoms. The minimum Gasteiger partial charge on any atom is -0.478 e. The molecule has 0 radical (unpaired) electrons. The van der Waals surface area contributed by atoms with Crippen LogP contribution in [0.25, 0.3) is 0 Å². The van der Waals surface area contributed by atoms with Crippen molar-refractivity contribution in [1.29, 1.82) is 0 Å². The van der Waals surface area contributed by atoms with Gasteiger partial charge in [-0.25, -0.2) is 9.59 Å². The third-order valence-electron chi connectivity index (χ3n) is 3.17. The van der Waals surface area contributed by atoms with Gasteiger partial charge in [0.1, 0.15) is 0 Å². The van der Waals surface area contributed by atoms with Crippen LogP contribution in [-0.4, -0.2) is 30.6 Å². The molecule has 0 saturated heterocycles. The average Bonchev–Trinajstić information content (AvgIpc) is 2.53. The zero-order valence-electron chi connectivity index (χ0n) is 12.3. The van der Waals surface area contributed by atoms with E-state index in [1.807, 2.05) is 0 Å². The van der Waals surface area contributed by atoms with Crippen molar-refractivity contribution in [3.63, 3.8) is 0 Å². The second-order valence-corrected chi connectivity index (χ2v) is 7.20. The molecular formula is C15H12ClNO6S. The Labute approximate surface area is 142 Å². The maximum atomic E-state index is 12.6. The first-order chi connectivity index (χ1) is 11.1. The van der Waals surface area contributed by atoms with Gasteiger partial charge in [0, 0.05) is 11.8 Å². The Bertz CT molecular complexity index is 925. The molecule has 0 unspecified atom stereocenters. The third kappa shape index (κ3) is 3.34. The maximum absolute atomic E-state index is 12.6. The smallest absolute Gasteiger partial charge is 0.336 e. The number of hydrogen-bond acceptors (Lipinski definition) is 4. The van der Waals surface area contributed by atoms with Gasteiger partial charge >= 0.3 is 11.9 Å². The molecule has 0 aliphatic carbocycles. The van der Waals surface area contributed by atoms with E-state index in [2.05, 4.69) is 0 Å². The molecule has 0 fully saturated rings. The Kier molecular flexibility index (Phi) is 4.81. The van der Waals surface area contributed by atoms with E-state index in [-0.39, 0.29) is 5.69 Å². The molecule has 0 aromatic heterocycles. The summed E-state index contributed by atoms with van der Waals surface area (Å²) in [4.78, 5) is 21.8. The summed E-state index contributed by atoms with van der Waals surface area (Å²) >= 11 is 5.92. The lowest BCUT2D eigenvalue weighted by molar-refractivity contribution is 0.0651. The minimum atomic E-state index is -4.26. The van der Waals surface area contributed by atoms with Crippen LogP contribution >= 0.6 is 11.8 Å². The van der Waals surface area contributed by atoms with Crippen LogP contribution in [0.2, 0.25) is 0 Å². The van der Waals surface area contributed by atoms with Crippen molar-refractivity contribution in [3.05, 3.63) is 59.2 Å². The zero-order chi connectivity index (χ0) is 18.1. The fourth-order valence-corrected chi connectivity index (χ4v) is 3.44. The van der Waals surface area contributed by atoms with Gasteiger partial charge < -0.3 is 10.2 Å². The number of carboxylic acid groups (broad SMARTS) is 2. The number of carboxylic acids is 2. The summed E-state index contributed by atoms with van der Waals surface area (Å²) in [5.41, 5.74) is -0.201. The summed E-state index contributed by atoms with van der Waals surface area (Å²) in [6.45, 7) is 1.75. The monoisotopic (exact) mass is 369 g/mol. The summed E-state index contributed by atoms with van der Waals surface area (Å²) in [5, 5.41) is 18.1. The Balaban J connectivity index is 2.55. The van der Waals surface area contributed by atoms with E-state index >= 15 is 0 Å². The van der Waals surface area contributed by atoms with Crippen molar-refractivity contribution in [2.75, 3.05) is 3.82 Å². The Morgan fingerprint density at radius 3 is 2.17 bits per heavy atom. The van der Waals surface area contributed by atoms with E-state index in [1.165, 1.54) is 12.1 Å². The minimum absolute atomic E-state index is 0.177. The highest BCUT2D eigenvalue weighted by Gasteiger charge is 2.27. The standard InChI is InChI=1S/C15H12ClNO6S/c1-9-3-2-4-10(7-9)17(16)24(22,23)11-5-6-12(14(18)19)13(8-11)15(20)21/h2-8H,1H3,(H,18,19)(H,20,21). The fourth-order valence-electron chi connectivity index (χ4n) is 2.02. The molecule has 0 aliphatic heterocycles. The zero-order valence-corrected chi connectivity index (χ0v) is 13.9. The molecule has 0 saturated carbocycles. The molecule has 2 rings (SSSR count). The Morgan fingerprint density at radius 2 is 1.62 bits per heavy atom. The average molecular weight is 370 g/mol. The van der Waals surface area contributed by atoms with Gasteiger partial charge in [-0.3, -0.25) is 0 Å². The lowest BCUT2D eigenvalue weighted by Gasteiger charge is -2.17. The highest BCUT2D eigenvalue weighted by atomic mass is 35.5. The van der Waals surface area contributed by atoms with Crippen LogP contribution in [0, 0.1) is 6.92 Å². The molecular weight excluding hydrogens is 358 g/mol. The van der Waals surface area contributed by atoms with E-state index in [0.717, 1.165) is 23.8 Å². The maximum Gasteiger partial charge on any atom is 0.336 e. The van der Waals surface area contributed by atoms with E-state index in [4.69, 9.17) is 22.0 Å². The van der Waals surface area contributed by atoms with Crippen molar-refractivity contribution < 1.29 is 28.2 Å². The molecule has 0 bridgehead atoms. The first kappa shape index (κ1) is 17.8. The molecule has 2 aromatic carbocycles. The number of aromatic carboxylic acids is 2. The van der Waals surface area contributed by atoms with Crippen LogP contribution in [-0.2, 0) is 10.0 Å². The summed E-state index contributed by atoms with van der Waals surface area (Å²) in [5.74, 6) is -3.03. The number of halogens is 1. The molecule has 24 heavy (non-hydrogen) atoms. The predicted molar refractivity (Wildman–Crippen MR) is 87.1 cm³/mol. The number of anilines is 1. The normalized spacial score (nSPS) is 11.1. The molecule has 0 spiro atoms. The number of aryl methyl sites for hydroxylation is 1. The SMILES string of the molecule is Cc1cccc(N(Cl)S(=O)(=O)c2ccc(C(=O)O)c(C(=O)O)c2)c1. The number of rotatable bonds is 5. The number of nitrogens with zero attached hydrogens (tertiary/aromatic N) is 1. The number of hydrogen-bond donors (Lipinski definition) is 2. The van der Waals surface area contributed by atoms with Crippen LogP contribution in [0.5, 0.6) is 0 Å². The molecule has 0 atom stereocenters. The van der Waals surface area contributed by atoms with Gasteiger partial charge in [0.25, 0.3) is 10.0 Å².